The van der Waals surface area contributed by atoms with Gasteiger partial charge in [0, 0.05) is 30.1 Å². The van der Waals surface area contributed by atoms with Crippen LogP contribution in [-0.2, 0) is 0 Å². The van der Waals surface area contributed by atoms with Crippen molar-refractivity contribution in [2.45, 2.75) is 43.8 Å². The molecular formula is C17H28N4OS. The zero-order chi connectivity index (χ0) is 16.2. The maximum Gasteiger partial charge on any atom is 0.315 e. The lowest BCUT2D eigenvalue weighted by Crippen LogP contribution is -2.50. The van der Waals surface area contributed by atoms with Gasteiger partial charge in [0.15, 0.2) is 0 Å². The average molecular weight is 337 g/mol. The van der Waals surface area contributed by atoms with E-state index in [1.54, 1.807) is 11.3 Å². The topological polar surface area (TPSA) is 47.6 Å². The number of carbonyl (C=O) groups excluding carboxylic acids is 1. The molecule has 0 aliphatic carbocycles. The van der Waals surface area contributed by atoms with E-state index in [0.717, 1.165) is 13.0 Å². The summed E-state index contributed by atoms with van der Waals surface area (Å²) < 4.78 is 0. The molecule has 0 aromatic carbocycles. The molecule has 2 fully saturated rings. The molecule has 2 amide bonds. The van der Waals surface area contributed by atoms with E-state index in [2.05, 4.69) is 52.0 Å². The normalized spacial score (nSPS) is 26.0. The summed E-state index contributed by atoms with van der Waals surface area (Å²) in [7, 11) is 4.11. The first-order valence-corrected chi connectivity index (χ1v) is 9.51. The molecule has 2 N–H and O–H groups in total. The predicted molar refractivity (Wildman–Crippen MR) is 94.9 cm³/mol. The molecule has 3 rings (SSSR count). The van der Waals surface area contributed by atoms with Crippen molar-refractivity contribution in [3.63, 3.8) is 0 Å². The Balaban J connectivity index is 1.49. The van der Waals surface area contributed by atoms with Gasteiger partial charge < -0.3 is 15.5 Å². The molecule has 6 heteroatoms. The van der Waals surface area contributed by atoms with Crippen molar-refractivity contribution in [3.8, 4) is 0 Å². The van der Waals surface area contributed by atoms with Crippen molar-refractivity contribution >= 4 is 17.4 Å². The molecular weight excluding hydrogens is 308 g/mol. The number of fused-ring (bicyclic) bond motifs is 1. The van der Waals surface area contributed by atoms with E-state index >= 15 is 0 Å². The second-order valence-corrected chi connectivity index (χ2v) is 7.82. The fourth-order valence-corrected chi connectivity index (χ4v) is 4.77. The number of nitrogens with zero attached hydrogens (tertiary/aromatic N) is 2. The summed E-state index contributed by atoms with van der Waals surface area (Å²) in [6, 6.07) is 5.27. The predicted octanol–water partition coefficient (Wildman–Crippen LogP) is 2.28. The van der Waals surface area contributed by atoms with Gasteiger partial charge in [-0.25, -0.2) is 4.79 Å². The van der Waals surface area contributed by atoms with Gasteiger partial charge >= 0.3 is 6.03 Å². The summed E-state index contributed by atoms with van der Waals surface area (Å²) in [5.74, 6) is 0. The second-order valence-electron chi connectivity index (χ2n) is 6.84. The molecule has 0 unspecified atom stereocenters. The van der Waals surface area contributed by atoms with Crippen LogP contribution >= 0.6 is 11.3 Å². The largest absolute Gasteiger partial charge is 0.336 e. The maximum atomic E-state index is 12.3. The van der Waals surface area contributed by atoms with Crippen molar-refractivity contribution in [1.82, 2.24) is 20.4 Å². The molecule has 3 atom stereocenters. The molecule has 3 heterocycles. The third kappa shape index (κ3) is 4.05. The Labute approximate surface area is 143 Å². The minimum atomic E-state index is -0.0224. The Morgan fingerprint density at radius 3 is 3.00 bits per heavy atom. The van der Waals surface area contributed by atoms with Crippen LogP contribution in [0.1, 0.15) is 36.6 Å². The highest BCUT2D eigenvalue weighted by molar-refractivity contribution is 7.10. The molecule has 23 heavy (non-hydrogen) atoms. The fraction of sp³-hybridized carbons (Fsp3) is 0.706. The highest BCUT2D eigenvalue weighted by atomic mass is 32.1. The first-order valence-electron chi connectivity index (χ1n) is 8.63. The molecule has 2 saturated heterocycles. The second kappa shape index (κ2) is 7.64. The molecule has 128 valence electrons. The van der Waals surface area contributed by atoms with Gasteiger partial charge in [-0.1, -0.05) is 12.5 Å². The number of amides is 2. The van der Waals surface area contributed by atoms with Crippen molar-refractivity contribution in [2.24, 2.45) is 0 Å². The van der Waals surface area contributed by atoms with E-state index in [9.17, 15) is 4.79 Å². The van der Waals surface area contributed by atoms with Crippen LogP contribution in [0, 0.1) is 0 Å². The van der Waals surface area contributed by atoms with E-state index in [4.69, 9.17) is 0 Å². The van der Waals surface area contributed by atoms with Crippen LogP contribution in [0.25, 0.3) is 0 Å². The summed E-state index contributed by atoms with van der Waals surface area (Å²) >= 11 is 1.74. The maximum absolute atomic E-state index is 12.3. The number of likely N-dealkylation sites (N-methyl/N-ethyl adjacent to an activating group) is 1. The summed E-state index contributed by atoms with van der Waals surface area (Å²) in [5, 5.41) is 8.37. The van der Waals surface area contributed by atoms with Gasteiger partial charge in [0.2, 0.25) is 0 Å². The monoisotopic (exact) mass is 336 g/mol. The number of hydrogen-bond acceptors (Lipinski definition) is 4. The van der Waals surface area contributed by atoms with E-state index in [1.165, 1.54) is 30.7 Å². The smallest absolute Gasteiger partial charge is 0.315 e. The molecule has 0 radical (unpaired) electrons. The lowest BCUT2D eigenvalue weighted by molar-refractivity contribution is 0.178. The highest BCUT2D eigenvalue weighted by Crippen LogP contribution is 2.27. The Hall–Kier alpha value is -1.11. The van der Waals surface area contributed by atoms with Crippen molar-refractivity contribution in [2.75, 3.05) is 33.7 Å². The zero-order valence-corrected chi connectivity index (χ0v) is 14.9. The zero-order valence-electron chi connectivity index (χ0n) is 14.1. The summed E-state index contributed by atoms with van der Waals surface area (Å²) in [6.45, 7) is 2.97. The van der Waals surface area contributed by atoms with Crippen molar-refractivity contribution < 1.29 is 4.79 Å². The van der Waals surface area contributed by atoms with Crippen molar-refractivity contribution in [3.05, 3.63) is 22.4 Å². The first-order chi connectivity index (χ1) is 11.1. The third-order valence-electron chi connectivity index (χ3n) is 5.12. The average Bonchev–Trinajstić information content (AvgIpc) is 3.18. The van der Waals surface area contributed by atoms with E-state index in [0.29, 0.717) is 18.6 Å². The van der Waals surface area contributed by atoms with Crippen LogP contribution in [-0.4, -0.2) is 61.6 Å². The lowest BCUT2D eigenvalue weighted by Gasteiger charge is -2.32. The van der Waals surface area contributed by atoms with Crippen LogP contribution in [0.3, 0.4) is 0 Å². The number of hydrogen-bond donors (Lipinski definition) is 2. The van der Waals surface area contributed by atoms with E-state index in [1.807, 2.05) is 0 Å². The summed E-state index contributed by atoms with van der Waals surface area (Å²) in [5.41, 5.74) is 0. The van der Waals surface area contributed by atoms with Gasteiger partial charge in [-0.15, -0.1) is 11.3 Å². The number of thiophene rings is 1. The van der Waals surface area contributed by atoms with E-state index < -0.39 is 0 Å². The van der Waals surface area contributed by atoms with Crippen LogP contribution < -0.4 is 10.6 Å². The van der Waals surface area contributed by atoms with Gasteiger partial charge in [-0.2, -0.15) is 0 Å². The van der Waals surface area contributed by atoms with Crippen molar-refractivity contribution in [1.29, 1.82) is 0 Å². The Bertz CT molecular complexity index is 505. The van der Waals surface area contributed by atoms with Crippen LogP contribution in [0.4, 0.5) is 4.79 Å². The Kier molecular flexibility index (Phi) is 5.56. The number of urea groups is 1. The molecule has 5 nitrogen and oxygen atoms in total. The van der Waals surface area contributed by atoms with Gasteiger partial charge in [0.05, 0.1) is 6.04 Å². The number of piperidine rings is 1. The lowest BCUT2D eigenvalue weighted by atomic mass is 9.99. The SMILES string of the molecule is CN(C)[C@H](CNC(=O)N[C@@H]1CCN2CCCC[C@H]12)c1cccs1. The highest BCUT2D eigenvalue weighted by Gasteiger charge is 2.36. The van der Waals surface area contributed by atoms with Gasteiger partial charge in [-0.05, 0) is 51.3 Å². The van der Waals surface area contributed by atoms with Gasteiger partial charge in [0.25, 0.3) is 0 Å². The standard InChI is InChI=1S/C17H28N4OS/c1-20(2)15(16-7-5-11-23-16)12-18-17(22)19-13-8-10-21-9-4-3-6-14(13)21/h5,7,11,13-15H,3-4,6,8-10,12H2,1-2H3,(H2,18,19,22)/t13-,14-,15-/m1/s1. The minimum absolute atomic E-state index is 0.0224. The summed E-state index contributed by atoms with van der Waals surface area (Å²) in [6.07, 6.45) is 4.91. The molecule has 1 aromatic rings. The van der Waals surface area contributed by atoms with Crippen LogP contribution in [0.15, 0.2) is 17.5 Å². The number of nitrogens with one attached hydrogen (secondary N) is 2. The quantitative estimate of drug-likeness (QED) is 0.867. The third-order valence-corrected chi connectivity index (χ3v) is 6.10. The molecule has 0 bridgehead atoms. The van der Waals surface area contributed by atoms with Crippen LogP contribution in [0.2, 0.25) is 0 Å². The minimum Gasteiger partial charge on any atom is -0.336 e. The molecule has 2 aliphatic rings. The summed E-state index contributed by atoms with van der Waals surface area (Å²) in [4.78, 5) is 18.3. The first kappa shape index (κ1) is 16.7. The molecule has 1 aromatic heterocycles. The fourth-order valence-electron chi connectivity index (χ4n) is 3.84. The Morgan fingerprint density at radius 2 is 2.26 bits per heavy atom. The molecule has 0 saturated carbocycles. The van der Waals surface area contributed by atoms with E-state index in [-0.39, 0.29) is 12.1 Å². The number of carbonyl (C=O) groups is 1. The molecule has 0 spiro atoms. The molecule has 2 aliphatic heterocycles. The van der Waals surface area contributed by atoms with Crippen LogP contribution in [0.5, 0.6) is 0 Å². The van der Waals surface area contributed by atoms with Gasteiger partial charge in [0.1, 0.15) is 0 Å². The number of rotatable bonds is 5. The van der Waals surface area contributed by atoms with Gasteiger partial charge in [-0.3, -0.25) is 4.90 Å². The Morgan fingerprint density at radius 1 is 1.39 bits per heavy atom.